The molecule has 0 spiro atoms. The molecule has 54 valence electrons. The largest absolute Gasteiger partial charge is 0.469 e. The van der Waals surface area contributed by atoms with Crippen LogP contribution < -0.4 is 5.73 Å². The molecule has 1 aromatic rings. The van der Waals surface area contributed by atoms with Crippen molar-refractivity contribution in [1.29, 1.82) is 0 Å². The maximum absolute atomic E-state index is 5.31. The van der Waals surface area contributed by atoms with E-state index in [0.717, 1.165) is 10.6 Å². The molecule has 0 aliphatic carbocycles. The van der Waals surface area contributed by atoms with Crippen LogP contribution in [0.2, 0.25) is 0 Å². The fraction of sp³-hybridized carbons (Fsp3) is 0.286. The lowest BCUT2D eigenvalue weighted by molar-refractivity contribution is 0.526. The summed E-state index contributed by atoms with van der Waals surface area (Å²) < 4.78 is 5.06. The quantitative estimate of drug-likeness (QED) is 0.665. The molecule has 0 saturated carbocycles. The Labute approximate surface area is 65.0 Å². The Morgan fingerprint density at radius 1 is 1.70 bits per heavy atom. The van der Waals surface area contributed by atoms with Crippen molar-refractivity contribution < 1.29 is 4.42 Å². The van der Waals surface area contributed by atoms with E-state index in [0.29, 0.717) is 13.0 Å². The van der Waals surface area contributed by atoms with E-state index in [4.69, 9.17) is 22.4 Å². The van der Waals surface area contributed by atoms with Crippen molar-refractivity contribution >= 4 is 17.1 Å². The van der Waals surface area contributed by atoms with Gasteiger partial charge in [0.15, 0.2) is 0 Å². The van der Waals surface area contributed by atoms with Gasteiger partial charge in [-0.25, -0.2) is 0 Å². The second-order valence-corrected chi connectivity index (χ2v) is 2.58. The van der Waals surface area contributed by atoms with E-state index in [1.165, 1.54) is 0 Å². The number of rotatable bonds is 3. The Balaban J connectivity index is 2.48. The van der Waals surface area contributed by atoms with Crippen molar-refractivity contribution in [2.45, 2.75) is 6.42 Å². The summed E-state index contributed by atoms with van der Waals surface area (Å²) in [6, 6.07) is 3.73. The minimum absolute atomic E-state index is 0.454. The lowest BCUT2D eigenvalue weighted by Gasteiger charge is -1.94. The fourth-order valence-electron chi connectivity index (χ4n) is 0.680. The summed E-state index contributed by atoms with van der Waals surface area (Å²) in [5.74, 6) is 0.885. The summed E-state index contributed by atoms with van der Waals surface area (Å²) in [5.41, 5.74) is 5.31. The summed E-state index contributed by atoms with van der Waals surface area (Å²) in [5, 5.41) is 0. The number of furan rings is 1. The molecule has 0 aliphatic heterocycles. The summed E-state index contributed by atoms with van der Waals surface area (Å²) in [6.07, 6.45) is 2.31. The Morgan fingerprint density at radius 2 is 2.50 bits per heavy atom. The molecule has 1 aromatic heterocycles. The molecular formula is C7H9NOS. The number of nitrogens with two attached hydrogens (primary N) is 1. The van der Waals surface area contributed by atoms with Crippen molar-refractivity contribution in [2.24, 2.45) is 5.73 Å². The first-order valence-corrected chi connectivity index (χ1v) is 3.48. The predicted molar refractivity (Wildman–Crippen MR) is 44.1 cm³/mol. The van der Waals surface area contributed by atoms with Gasteiger partial charge in [0, 0.05) is 17.8 Å². The molecule has 0 aliphatic rings. The second-order valence-electron chi connectivity index (χ2n) is 2.00. The molecule has 0 saturated heterocycles. The maximum Gasteiger partial charge on any atom is 0.108 e. The van der Waals surface area contributed by atoms with Gasteiger partial charge >= 0.3 is 0 Å². The van der Waals surface area contributed by atoms with Gasteiger partial charge in [-0.3, -0.25) is 0 Å². The molecule has 0 atom stereocenters. The van der Waals surface area contributed by atoms with Crippen LogP contribution in [0.25, 0.3) is 0 Å². The topological polar surface area (TPSA) is 39.2 Å². The van der Waals surface area contributed by atoms with Crippen LogP contribution in [0.3, 0.4) is 0 Å². The lowest BCUT2D eigenvalue weighted by atomic mass is 10.2. The van der Waals surface area contributed by atoms with Crippen LogP contribution in [-0.2, 0) is 6.42 Å². The van der Waals surface area contributed by atoms with Crippen LogP contribution in [0.4, 0.5) is 0 Å². The van der Waals surface area contributed by atoms with E-state index in [1.807, 2.05) is 12.1 Å². The van der Waals surface area contributed by atoms with Gasteiger partial charge in [-0.2, -0.15) is 0 Å². The van der Waals surface area contributed by atoms with E-state index in [-0.39, 0.29) is 0 Å². The molecule has 2 N–H and O–H groups in total. The zero-order chi connectivity index (χ0) is 7.40. The molecule has 10 heavy (non-hydrogen) atoms. The summed E-state index contributed by atoms with van der Waals surface area (Å²) >= 11 is 4.92. The molecule has 3 heteroatoms. The SMILES string of the molecule is NCC(=S)Cc1ccco1. The van der Waals surface area contributed by atoms with Crippen molar-refractivity contribution in [2.75, 3.05) is 6.54 Å². The third-order valence-electron chi connectivity index (χ3n) is 1.18. The van der Waals surface area contributed by atoms with Crippen molar-refractivity contribution in [3.63, 3.8) is 0 Å². The highest BCUT2D eigenvalue weighted by Gasteiger charge is 1.97. The summed E-state index contributed by atoms with van der Waals surface area (Å²) in [6.45, 7) is 0.454. The molecule has 0 bridgehead atoms. The van der Waals surface area contributed by atoms with Gasteiger partial charge in [0.25, 0.3) is 0 Å². The lowest BCUT2D eigenvalue weighted by Crippen LogP contribution is -2.13. The van der Waals surface area contributed by atoms with Crippen LogP contribution >= 0.6 is 12.2 Å². The zero-order valence-corrected chi connectivity index (χ0v) is 6.36. The first kappa shape index (κ1) is 7.44. The Hall–Kier alpha value is -0.670. The molecule has 0 amide bonds. The van der Waals surface area contributed by atoms with Crippen LogP contribution in [0.1, 0.15) is 5.76 Å². The second kappa shape index (κ2) is 3.49. The Morgan fingerprint density at radius 3 is 3.00 bits per heavy atom. The van der Waals surface area contributed by atoms with Crippen molar-refractivity contribution in [3.05, 3.63) is 24.2 Å². The highest BCUT2D eigenvalue weighted by atomic mass is 32.1. The normalized spacial score (nSPS) is 9.70. The van der Waals surface area contributed by atoms with Gasteiger partial charge in [-0.1, -0.05) is 12.2 Å². The van der Waals surface area contributed by atoms with Crippen molar-refractivity contribution in [1.82, 2.24) is 0 Å². The highest BCUT2D eigenvalue weighted by molar-refractivity contribution is 7.80. The predicted octanol–water partition coefficient (Wildman–Crippen LogP) is 1.15. The van der Waals surface area contributed by atoms with Gasteiger partial charge in [-0.05, 0) is 12.1 Å². The monoisotopic (exact) mass is 155 g/mol. The molecule has 0 unspecified atom stereocenters. The molecule has 1 heterocycles. The minimum atomic E-state index is 0.454. The van der Waals surface area contributed by atoms with E-state index in [1.54, 1.807) is 6.26 Å². The zero-order valence-electron chi connectivity index (χ0n) is 5.54. The highest BCUT2D eigenvalue weighted by Crippen LogP contribution is 2.01. The van der Waals surface area contributed by atoms with Crippen LogP contribution in [0.5, 0.6) is 0 Å². The number of hydrogen-bond donors (Lipinski definition) is 1. The molecule has 2 nitrogen and oxygen atoms in total. The molecule has 0 radical (unpaired) electrons. The Kier molecular flexibility index (Phi) is 2.59. The standard InChI is InChI=1S/C7H9NOS/c8-5-7(10)4-6-2-1-3-9-6/h1-3H,4-5,8H2. The van der Waals surface area contributed by atoms with Crippen LogP contribution in [0, 0.1) is 0 Å². The van der Waals surface area contributed by atoms with E-state index >= 15 is 0 Å². The summed E-state index contributed by atoms with van der Waals surface area (Å²) in [4.78, 5) is 0.829. The molecule has 1 rings (SSSR count). The smallest absolute Gasteiger partial charge is 0.108 e. The van der Waals surface area contributed by atoms with Gasteiger partial charge in [0.1, 0.15) is 5.76 Å². The van der Waals surface area contributed by atoms with E-state index in [2.05, 4.69) is 0 Å². The fourth-order valence-corrected chi connectivity index (χ4v) is 0.822. The molecule has 0 fully saturated rings. The molecule has 0 aromatic carbocycles. The van der Waals surface area contributed by atoms with E-state index < -0.39 is 0 Å². The first-order valence-electron chi connectivity index (χ1n) is 3.07. The van der Waals surface area contributed by atoms with Gasteiger partial charge in [-0.15, -0.1) is 0 Å². The van der Waals surface area contributed by atoms with E-state index in [9.17, 15) is 0 Å². The first-order chi connectivity index (χ1) is 4.83. The average Bonchev–Trinajstić information content (AvgIpc) is 2.40. The van der Waals surface area contributed by atoms with Crippen molar-refractivity contribution in [3.8, 4) is 0 Å². The maximum atomic E-state index is 5.31. The minimum Gasteiger partial charge on any atom is -0.469 e. The third kappa shape index (κ3) is 1.93. The summed E-state index contributed by atoms with van der Waals surface area (Å²) in [7, 11) is 0. The Bertz CT molecular complexity index is 205. The van der Waals surface area contributed by atoms with Gasteiger partial charge in [0.05, 0.1) is 6.26 Å². The number of thiocarbonyl (C=S) groups is 1. The number of hydrogen-bond acceptors (Lipinski definition) is 3. The van der Waals surface area contributed by atoms with Gasteiger partial charge < -0.3 is 10.2 Å². The molecular weight excluding hydrogens is 146 g/mol. The average molecular weight is 155 g/mol. The van der Waals surface area contributed by atoms with Crippen LogP contribution in [-0.4, -0.2) is 11.4 Å². The van der Waals surface area contributed by atoms with Gasteiger partial charge in [0.2, 0.25) is 0 Å². The third-order valence-corrected chi connectivity index (χ3v) is 1.49. The van der Waals surface area contributed by atoms with Crippen LogP contribution in [0.15, 0.2) is 22.8 Å².